The Morgan fingerprint density at radius 2 is 2.05 bits per heavy atom. The molecule has 4 unspecified atom stereocenters. The molecular weight excluding hydrogens is 248 g/mol. The molecule has 1 saturated heterocycles. The second-order valence-corrected chi connectivity index (χ2v) is 7.38. The van der Waals surface area contributed by atoms with Crippen LogP contribution in [0.3, 0.4) is 0 Å². The summed E-state index contributed by atoms with van der Waals surface area (Å²) in [5, 5.41) is 3.86. The van der Waals surface area contributed by atoms with Gasteiger partial charge in [-0.25, -0.2) is 0 Å². The Hall–Kier alpha value is -0.120. The van der Waals surface area contributed by atoms with Gasteiger partial charge in [0.25, 0.3) is 0 Å². The lowest BCUT2D eigenvalue weighted by molar-refractivity contribution is -0.126. The van der Waals surface area contributed by atoms with Crippen molar-refractivity contribution in [3.05, 3.63) is 0 Å². The zero-order valence-electron chi connectivity index (χ0n) is 13.5. The maximum absolute atomic E-state index is 5.89. The zero-order chi connectivity index (χ0) is 14.2. The molecule has 3 rings (SSSR count). The number of rotatable bonds is 7. The van der Waals surface area contributed by atoms with Gasteiger partial charge in [0, 0.05) is 30.7 Å². The highest BCUT2D eigenvalue weighted by Crippen LogP contribution is 2.46. The Bertz CT molecular complexity index is 331. The molecule has 0 spiro atoms. The largest absolute Gasteiger partial charge is 0.378 e. The highest BCUT2D eigenvalue weighted by molar-refractivity contribution is 5.05. The van der Waals surface area contributed by atoms with E-state index in [0.29, 0.717) is 17.6 Å². The van der Waals surface area contributed by atoms with E-state index in [0.717, 1.165) is 18.6 Å². The van der Waals surface area contributed by atoms with Crippen LogP contribution in [0.4, 0.5) is 0 Å². The van der Waals surface area contributed by atoms with Gasteiger partial charge in [-0.3, -0.25) is 0 Å². The van der Waals surface area contributed by atoms with Gasteiger partial charge >= 0.3 is 0 Å². The van der Waals surface area contributed by atoms with E-state index in [-0.39, 0.29) is 0 Å². The molecule has 1 heterocycles. The Labute approximate surface area is 124 Å². The first-order chi connectivity index (χ1) is 9.67. The van der Waals surface area contributed by atoms with Gasteiger partial charge in [-0.05, 0) is 58.0 Å². The molecule has 0 bridgehead atoms. The fourth-order valence-corrected chi connectivity index (χ4v) is 4.18. The average molecular weight is 280 g/mol. The molecule has 2 aliphatic carbocycles. The zero-order valence-corrected chi connectivity index (χ0v) is 13.5. The smallest absolute Gasteiger partial charge is 0.0658 e. The molecule has 3 fully saturated rings. The first-order valence-corrected chi connectivity index (χ1v) is 8.76. The molecular formula is C17H32N2O. The molecule has 3 aliphatic rings. The van der Waals surface area contributed by atoms with Crippen molar-refractivity contribution in [1.29, 1.82) is 0 Å². The van der Waals surface area contributed by atoms with Crippen molar-refractivity contribution in [1.82, 2.24) is 10.2 Å². The fraction of sp³-hybridized carbons (Fsp3) is 1.00. The van der Waals surface area contributed by atoms with Gasteiger partial charge in [0.1, 0.15) is 0 Å². The van der Waals surface area contributed by atoms with E-state index in [9.17, 15) is 0 Å². The van der Waals surface area contributed by atoms with Crippen molar-refractivity contribution < 1.29 is 4.74 Å². The third-order valence-corrected chi connectivity index (χ3v) is 6.14. The maximum Gasteiger partial charge on any atom is 0.0658 e. The normalized spacial score (nSPS) is 41.9. The minimum atomic E-state index is 0.352. The molecule has 0 aromatic carbocycles. The summed E-state index contributed by atoms with van der Waals surface area (Å²) in [5.74, 6) is 0.878. The molecule has 4 atom stereocenters. The first-order valence-electron chi connectivity index (χ1n) is 8.76. The van der Waals surface area contributed by atoms with E-state index in [1.807, 2.05) is 0 Å². The van der Waals surface area contributed by atoms with Crippen LogP contribution in [0.2, 0.25) is 0 Å². The monoisotopic (exact) mass is 280 g/mol. The number of likely N-dealkylation sites (tertiary alicyclic amines) is 1. The Kier molecular flexibility index (Phi) is 4.40. The van der Waals surface area contributed by atoms with Gasteiger partial charge in [0.05, 0.1) is 6.10 Å². The molecule has 0 amide bonds. The van der Waals surface area contributed by atoms with Gasteiger partial charge in [-0.1, -0.05) is 13.8 Å². The lowest BCUT2D eigenvalue weighted by Gasteiger charge is -2.54. The summed E-state index contributed by atoms with van der Waals surface area (Å²) in [6.07, 6.45) is 7.19. The van der Waals surface area contributed by atoms with Crippen LogP contribution >= 0.6 is 0 Å². The summed E-state index contributed by atoms with van der Waals surface area (Å²) >= 11 is 0. The maximum atomic E-state index is 5.89. The van der Waals surface area contributed by atoms with Crippen molar-refractivity contribution in [2.24, 2.45) is 11.3 Å². The van der Waals surface area contributed by atoms with Crippen molar-refractivity contribution >= 4 is 0 Å². The number of ether oxygens (including phenoxy) is 1. The minimum absolute atomic E-state index is 0.352. The van der Waals surface area contributed by atoms with Crippen LogP contribution in [0.15, 0.2) is 0 Å². The Morgan fingerprint density at radius 3 is 2.70 bits per heavy atom. The predicted molar refractivity (Wildman–Crippen MR) is 82.9 cm³/mol. The summed E-state index contributed by atoms with van der Waals surface area (Å²) in [4.78, 5) is 2.72. The molecule has 3 nitrogen and oxygen atoms in total. The van der Waals surface area contributed by atoms with Gasteiger partial charge in [0.2, 0.25) is 0 Å². The second-order valence-electron chi connectivity index (χ2n) is 7.38. The second kappa shape index (κ2) is 5.94. The van der Waals surface area contributed by atoms with E-state index < -0.39 is 0 Å². The number of nitrogens with one attached hydrogen (secondary N) is 1. The van der Waals surface area contributed by atoms with Crippen LogP contribution < -0.4 is 5.32 Å². The predicted octanol–water partition coefficient (Wildman–Crippen LogP) is 2.65. The molecule has 1 aliphatic heterocycles. The van der Waals surface area contributed by atoms with Gasteiger partial charge in [0.15, 0.2) is 0 Å². The van der Waals surface area contributed by atoms with Gasteiger partial charge in [-0.2, -0.15) is 0 Å². The molecule has 2 saturated carbocycles. The summed E-state index contributed by atoms with van der Waals surface area (Å²) in [5.41, 5.74) is 0.352. The van der Waals surface area contributed by atoms with E-state index in [1.54, 1.807) is 0 Å². The standard InChI is InChI=1S/C17H32N2O/c1-4-17(3)15(10-16(17)20-5-2)18-11-13-8-9-19(12-13)14-6-7-14/h13-16,18H,4-12H2,1-3H3. The Balaban J connectivity index is 1.42. The van der Waals surface area contributed by atoms with Crippen LogP contribution in [-0.4, -0.2) is 49.3 Å². The molecule has 0 aromatic rings. The van der Waals surface area contributed by atoms with Crippen molar-refractivity contribution in [3.63, 3.8) is 0 Å². The number of hydrogen-bond donors (Lipinski definition) is 1. The van der Waals surface area contributed by atoms with Gasteiger partial charge < -0.3 is 15.0 Å². The molecule has 3 heteroatoms. The van der Waals surface area contributed by atoms with Crippen LogP contribution in [0.1, 0.15) is 52.9 Å². The molecule has 20 heavy (non-hydrogen) atoms. The lowest BCUT2D eigenvalue weighted by atomic mass is 9.61. The van der Waals surface area contributed by atoms with E-state index in [1.165, 1.54) is 51.7 Å². The SMILES string of the molecule is CCOC1CC(NCC2CCN(C3CC3)C2)C1(C)CC. The van der Waals surface area contributed by atoms with Gasteiger partial charge in [-0.15, -0.1) is 0 Å². The molecule has 1 N–H and O–H groups in total. The third kappa shape index (κ3) is 2.77. The number of hydrogen-bond acceptors (Lipinski definition) is 3. The lowest BCUT2D eigenvalue weighted by Crippen LogP contribution is -2.62. The Morgan fingerprint density at radius 1 is 1.25 bits per heavy atom. The first kappa shape index (κ1) is 14.8. The quantitative estimate of drug-likeness (QED) is 0.776. The highest BCUT2D eigenvalue weighted by Gasteiger charge is 2.50. The summed E-state index contributed by atoms with van der Waals surface area (Å²) in [6.45, 7) is 11.6. The van der Waals surface area contributed by atoms with Crippen molar-refractivity contribution in [2.45, 2.75) is 71.1 Å². The minimum Gasteiger partial charge on any atom is -0.378 e. The van der Waals surface area contributed by atoms with E-state index in [2.05, 4.69) is 31.0 Å². The topological polar surface area (TPSA) is 24.5 Å². The van der Waals surface area contributed by atoms with Crippen LogP contribution in [0.5, 0.6) is 0 Å². The van der Waals surface area contributed by atoms with Crippen LogP contribution in [-0.2, 0) is 4.74 Å². The number of nitrogens with zero attached hydrogens (tertiary/aromatic N) is 1. The van der Waals surface area contributed by atoms with Crippen LogP contribution in [0, 0.1) is 11.3 Å². The van der Waals surface area contributed by atoms with E-state index in [4.69, 9.17) is 4.74 Å². The highest BCUT2D eigenvalue weighted by atomic mass is 16.5. The molecule has 0 aromatic heterocycles. The van der Waals surface area contributed by atoms with E-state index >= 15 is 0 Å². The van der Waals surface area contributed by atoms with Crippen molar-refractivity contribution in [3.8, 4) is 0 Å². The third-order valence-electron chi connectivity index (χ3n) is 6.14. The average Bonchev–Trinajstić information content (AvgIpc) is 3.20. The van der Waals surface area contributed by atoms with Crippen LogP contribution in [0.25, 0.3) is 0 Å². The molecule has 0 radical (unpaired) electrons. The molecule has 116 valence electrons. The summed E-state index contributed by atoms with van der Waals surface area (Å²) < 4.78 is 5.89. The summed E-state index contributed by atoms with van der Waals surface area (Å²) in [7, 11) is 0. The summed E-state index contributed by atoms with van der Waals surface area (Å²) in [6, 6.07) is 1.62. The van der Waals surface area contributed by atoms with Crippen molar-refractivity contribution in [2.75, 3.05) is 26.2 Å². The fourth-order valence-electron chi connectivity index (χ4n) is 4.18.